The fourth-order valence-corrected chi connectivity index (χ4v) is 5.72. The van der Waals surface area contributed by atoms with Gasteiger partial charge < -0.3 is 14.7 Å². The summed E-state index contributed by atoms with van der Waals surface area (Å²) in [5, 5.41) is 17.0. The number of benzene rings is 1. The molecule has 1 aliphatic heterocycles. The van der Waals surface area contributed by atoms with E-state index in [2.05, 4.69) is 28.5 Å². The van der Waals surface area contributed by atoms with E-state index >= 15 is 4.39 Å². The molecule has 1 aromatic carbocycles. The number of carbonyl (C=O) groups excluding carboxylic acids is 1. The van der Waals surface area contributed by atoms with Crippen LogP contribution in [0.5, 0.6) is 0 Å². The van der Waals surface area contributed by atoms with Crippen LogP contribution in [0, 0.1) is 5.82 Å². The Morgan fingerprint density at radius 1 is 1.23 bits per heavy atom. The van der Waals surface area contributed by atoms with Gasteiger partial charge in [0.2, 0.25) is 0 Å². The molecule has 10 heteroatoms. The van der Waals surface area contributed by atoms with Gasteiger partial charge in [-0.15, -0.1) is 11.3 Å². The average molecular weight is 548 g/mol. The van der Waals surface area contributed by atoms with E-state index in [1.54, 1.807) is 67.8 Å². The van der Waals surface area contributed by atoms with Crippen molar-refractivity contribution in [1.82, 2.24) is 19.5 Å². The maximum atomic E-state index is 15.3. The molecular formula is C29H34BFN4O3S. The zero-order chi connectivity index (χ0) is 28.1. The minimum Gasteiger partial charge on any atom is -0.427 e. The predicted molar refractivity (Wildman–Crippen MR) is 153 cm³/mol. The molecule has 7 nitrogen and oxygen atoms in total. The molecule has 39 heavy (non-hydrogen) atoms. The van der Waals surface area contributed by atoms with Crippen molar-refractivity contribution in [2.75, 3.05) is 6.54 Å². The summed E-state index contributed by atoms with van der Waals surface area (Å²) in [6, 6.07) is 10.5. The molecule has 0 radical (unpaired) electrons. The van der Waals surface area contributed by atoms with Gasteiger partial charge in [0.05, 0.1) is 22.9 Å². The Kier molecular flexibility index (Phi) is 7.16. The maximum Gasteiger partial charge on any atom is 0.309 e. The first-order valence-electron chi connectivity index (χ1n) is 13.3. The molecule has 4 heterocycles. The molecule has 1 aliphatic rings. The molecular weight excluding hydrogens is 514 g/mol. The van der Waals surface area contributed by atoms with Crippen molar-refractivity contribution >= 4 is 35.8 Å². The van der Waals surface area contributed by atoms with Gasteiger partial charge in [-0.1, -0.05) is 19.1 Å². The monoisotopic (exact) mass is 548 g/mol. The number of aryl methyl sites for hydroxylation is 1. The van der Waals surface area contributed by atoms with Crippen LogP contribution >= 0.6 is 11.3 Å². The number of hydrogen-bond acceptors (Lipinski definition) is 6. The van der Waals surface area contributed by atoms with E-state index in [-0.39, 0.29) is 19.4 Å². The van der Waals surface area contributed by atoms with Crippen molar-refractivity contribution in [3.8, 4) is 11.3 Å². The van der Waals surface area contributed by atoms with E-state index in [0.717, 1.165) is 12.1 Å². The molecule has 204 valence electrons. The summed E-state index contributed by atoms with van der Waals surface area (Å²) < 4.78 is 22.8. The van der Waals surface area contributed by atoms with Crippen LogP contribution in [0.2, 0.25) is 0 Å². The lowest BCUT2D eigenvalue weighted by atomic mass is 9.82. The number of thiophene rings is 1. The zero-order valence-electron chi connectivity index (χ0n) is 23.3. The molecule has 0 spiro atoms. The Balaban J connectivity index is 1.42. The number of amides is 1. The Morgan fingerprint density at radius 3 is 2.69 bits per heavy atom. The van der Waals surface area contributed by atoms with Crippen LogP contribution in [0.1, 0.15) is 74.2 Å². The van der Waals surface area contributed by atoms with E-state index in [9.17, 15) is 9.90 Å². The summed E-state index contributed by atoms with van der Waals surface area (Å²) in [6.07, 6.45) is 1.48. The van der Waals surface area contributed by atoms with Gasteiger partial charge in [-0.3, -0.25) is 4.79 Å². The number of aromatic nitrogens is 3. The van der Waals surface area contributed by atoms with Crippen LogP contribution in [-0.2, 0) is 17.5 Å². The van der Waals surface area contributed by atoms with Crippen molar-refractivity contribution in [3.63, 3.8) is 0 Å². The maximum absolute atomic E-state index is 15.3. The van der Waals surface area contributed by atoms with Gasteiger partial charge in [-0.05, 0) is 82.1 Å². The zero-order valence-corrected chi connectivity index (χ0v) is 24.1. The summed E-state index contributed by atoms with van der Waals surface area (Å²) in [6.45, 7) is 11.7. The highest BCUT2D eigenvalue weighted by atomic mass is 32.1. The van der Waals surface area contributed by atoms with Gasteiger partial charge in [0.1, 0.15) is 11.5 Å². The van der Waals surface area contributed by atoms with Gasteiger partial charge >= 0.3 is 7.48 Å². The molecule has 1 N–H and O–H groups in total. The summed E-state index contributed by atoms with van der Waals surface area (Å²) in [7, 11) is 0.161. The number of hydrogen-bond donors (Lipinski definition) is 1. The number of aliphatic hydroxyl groups is 1. The van der Waals surface area contributed by atoms with Crippen LogP contribution in [0.3, 0.4) is 0 Å². The van der Waals surface area contributed by atoms with Crippen molar-refractivity contribution in [2.45, 2.75) is 71.6 Å². The molecule has 3 aromatic heterocycles. The fourth-order valence-electron chi connectivity index (χ4n) is 4.76. The SMILES string of the molecule is CCc1cc(C(=O)N2CCc3sccc3C2C)nc2cc(-c3ccc(BOC(C)(C)C(C)(C)O)cc3F)nn12. The summed E-state index contributed by atoms with van der Waals surface area (Å²) in [4.78, 5) is 21.4. The van der Waals surface area contributed by atoms with Gasteiger partial charge in [0.25, 0.3) is 5.91 Å². The molecule has 1 atom stereocenters. The normalized spacial score (nSPS) is 16.0. The number of halogens is 1. The van der Waals surface area contributed by atoms with Gasteiger partial charge in [0, 0.05) is 28.7 Å². The van der Waals surface area contributed by atoms with Crippen molar-refractivity contribution in [3.05, 3.63) is 69.4 Å². The molecule has 0 saturated heterocycles. The van der Waals surface area contributed by atoms with E-state index in [0.29, 0.717) is 41.0 Å². The molecule has 5 rings (SSSR count). The van der Waals surface area contributed by atoms with Gasteiger partial charge in [-0.25, -0.2) is 13.9 Å². The average Bonchev–Trinajstić information content (AvgIpc) is 3.54. The molecule has 0 saturated carbocycles. The lowest BCUT2D eigenvalue weighted by Crippen LogP contribution is -2.49. The molecule has 1 unspecified atom stereocenters. The van der Waals surface area contributed by atoms with Crippen LogP contribution in [0.25, 0.3) is 16.9 Å². The van der Waals surface area contributed by atoms with E-state index in [1.165, 1.54) is 16.5 Å². The topological polar surface area (TPSA) is 80.0 Å². The van der Waals surface area contributed by atoms with Crippen LogP contribution in [0.15, 0.2) is 41.8 Å². The minimum absolute atomic E-state index is 0.0123. The summed E-state index contributed by atoms with van der Waals surface area (Å²) in [5.41, 5.74) is 2.50. The molecule has 0 aliphatic carbocycles. The highest BCUT2D eigenvalue weighted by Crippen LogP contribution is 2.34. The third-order valence-electron chi connectivity index (χ3n) is 8.00. The smallest absolute Gasteiger partial charge is 0.309 e. The second-order valence-corrected chi connectivity index (χ2v) is 12.2. The number of rotatable bonds is 7. The third-order valence-corrected chi connectivity index (χ3v) is 9.00. The lowest BCUT2D eigenvalue weighted by Gasteiger charge is -2.37. The Bertz CT molecular complexity index is 1540. The van der Waals surface area contributed by atoms with Crippen molar-refractivity contribution in [1.29, 1.82) is 0 Å². The third kappa shape index (κ3) is 5.13. The quantitative estimate of drug-likeness (QED) is 0.345. The van der Waals surface area contributed by atoms with Gasteiger partial charge in [-0.2, -0.15) is 5.10 Å². The summed E-state index contributed by atoms with van der Waals surface area (Å²) >= 11 is 1.74. The van der Waals surface area contributed by atoms with Crippen molar-refractivity contribution in [2.24, 2.45) is 0 Å². The molecule has 4 aromatic rings. The number of carbonyl (C=O) groups is 1. The lowest BCUT2D eigenvalue weighted by molar-refractivity contribution is -0.0893. The van der Waals surface area contributed by atoms with Crippen molar-refractivity contribution < 1.29 is 18.9 Å². The second kappa shape index (κ2) is 10.2. The predicted octanol–water partition coefficient (Wildman–Crippen LogP) is 4.46. The van der Waals surface area contributed by atoms with E-state index < -0.39 is 17.0 Å². The van der Waals surface area contributed by atoms with Crippen LogP contribution in [-0.4, -0.2) is 55.7 Å². The minimum atomic E-state index is -1.05. The largest absolute Gasteiger partial charge is 0.427 e. The Labute approximate surface area is 232 Å². The fraction of sp³-hybridized carbons (Fsp3) is 0.414. The number of fused-ring (bicyclic) bond motifs is 2. The first-order chi connectivity index (χ1) is 18.4. The highest BCUT2D eigenvalue weighted by Gasteiger charge is 2.36. The molecule has 1 amide bonds. The van der Waals surface area contributed by atoms with Gasteiger partial charge in [0.15, 0.2) is 5.65 Å². The van der Waals surface area contributed by atoms with Crippen LogP contribution < -0.4 is 5.46 Å². The van der Waals surface area contributed by atoms with E-state index in [4.69, 9.17) is 4.65 Å². The first-order valence-corrected chi connectivity index (χ1v) is 14.2. The number of nitrogens with zero attached hydrogens (tertiary/aromatic N) is 4. The summed E-state index contributed by atoms with van der Waals surface area (Å²) in [5.74, 6) is -0.535. The van der Waals surface area contributed by atoms with E-state index in [1.807, 2.05) is 11.8 Å². The molecule has 0 bridgehead atoms. The second-order valence-electron chi connectivity index (χ2n) is 11.2. The molecule has 0 fully saturated rings. The first kappa shape index (κ1) is 27.5. The standard InChI is InChI=1S/C29H34BFN4O3S/c1-7-19-15-24(27(36)34-12-10-25-20(17(34)2)11-13-39-25)32-26-16-23(33-35(19)26)21-9-8-18(14-22(21)31)30-38-29(5,6)28(3,4)37/h8-9,11,13-17,30,37H,7,10,12H2,1-6H3. The van der Waals surface area contributed by atoms with Crippen LogP contribution in [0.4, 0.5) is 4.39 Å². The Hall–Kier alpha value is -3.08. The highest BCUT2D eigenvalue weighted by molar-refractivity contribution is 7.10. The Morgan fingerprint density at radius 2 is 2.00 bits per heavy atom.